The molecule has 0 atom stereocenters. The predicted octanol–water partition coefficient (Wildman–Crippen LogP) is 6.12. The van der Waals surface area contributed by atoms with Crippen molar-refractivity contribution in [1.82, 2.24) is 4.98 Å². The van der Waals surface area contributed by atoms with Crippen LogP contribution < -0.4 is 15.0 Å². The van der Waals surface area contributed by atoms with Crippen LogP contribution in [0.2, 0.25) is 0 Å². The van der Waals surface area contributed by atoms with Gasteiger partial charge in [0.2, 0.25) is 0 Å². The van der Waals surface area contributed by atoms with Crippen LogP contribution in [0.25, 0.3) is 0 Å². The Balaban J connectivity index is 0.000000212. The number of aryl methyl sites for hydroxylation is 3. The first-order valence-corrected chi connectivity index (χ1v) is 12.0. The van der Waals surface area contributed by atoms with Crippen molar-refractivity contribution in [3.63, 3.8) is 0 Å². The highest BCUT2D eigenvalue weighted by Gasteiger charge is 2.15. The number of aromatic nitrogens is 1. The second-order valence-corrected chi connectivity index (χ2v) is 8.09. The van der Waals surface area contributed by atoms with Gasteiger partial charge in [-0.1, -0.05) is 26.0 Å². The molecule has 180 valence electrons. The number of hydrogen-bond donors (Lipinski definition) is 2. The number of nitrogens with zero attached hydrogens (tertiary/aromatic N) is 2. The minimum absolute atomic E-state index is 0.238. The third-order valence-electron chi connectivity index (χ3n) is 6.08. The lowest BCUT2D eigenvalue weighted by Crippen LogP contribution is -2.12. The number of aromatic carboxylic acids is 1. The standard InChI is InChI=1S/C19H21NO.C7H8N2O2.C2H6/c1-20(17-9-7-14-4-2-5-16(14)12-17)18-10-8-15-6-3-11-21-19(15)13-18;1-8-6-4-9-3-2-5(6)7(10)11;1-2/h7-10,12-13H,2-6,11H2,1H3;2-4,8H,1H3,(H,10,11);1-2H3. The van der Waals surface area contributed by atoms with Crippen molar-refractivity contribution < 1.29 is 14.6 Å². The van der Waals surface area contributed by atoms with E-state index >= 15 is 0 Å². The van der Waals surface area contributed by atoms with Gasteiger partial charge in [-0.3, -0.25) is 4.98 Å². The second kappa shape index (κ2) is 12.1. The van der Waals surface area contributed by atoms with E-state index in [2.05, 4.69) is 58.6 Å². The molecule has 6 nitrogen and oxygen atoms in total. The largest absolute Gasteiger partial charge is 0.493 e. The van der Waals surface area contributed by atoms with Gasteiger partial charge in [0.15, 0.2) is 0 Å². The molecule has 2 aliphatic rings. The summed E-state index contributed by atoms with van der Waals surface area (Å²) >= 11 is 0. The van der Waals surface area contributed by atoms with Gasteiger partial charge >= 0.3 is 5.97 Å². The van der Waals surface area contributed by atoms with E-state index in [0.717, 1.165) is 25.2 Å². The average molecular weight is 462 g/mol. The number of benzene rings is 2. The third-order valence-corrected chi connectivity index (χ3v) is 6.08. The van der Waals surface area contributed by atoms with Crippen molar-refractivity contribution in [3.05, 3.63) is 77.1 Å². The fourth-order valence-corrected chi connectivity index (χ4v) is 4.23. The quantitative estimate of drug-likeness (QED) is 0.488. The van der Waals surface area contributed by atoms with Crippen molar-refractivity contribution in [2.75, 3.05) is 30.9 Å². The first-order chi connectivity index (χ1) is 16.6. The monoisotopic (exact) mass is 461 g/mol. The molecule has 0 saturated heterocycles. The molecule has 0 saturated carbocycles. The minimum Gasteiger partial charge on any atom is -0.493 e. The van der Waals surface area contributed by atoms with Crippen LogP contribution in [-0.2, 0) is 19.3 Å². The van der Waals surface area contributed by atoms with E-state index < -0.39 is 5.97 Å². The number of carboxylic acid groups (broad SMARTS) is 1. The molecule has 6 heteroatoms. The number of ether oxygens (including phenoxy) is 1. The number of fused-ring (bicyclic) bond motifs is 2. The summed E-state index contributed by atoms with van der Waals surface area (Å²) in [7, 11) is 3.80. The van der Waals surface area contributed by atoms with Crippen LogP contribution in [0.1, 0.15) is 53.7 Å². The maximum absolute atomic E-state index is 10.5. The lowest BCUT2D eigenvalue weighted by molar-refractivity contribution is 0.0698. The highest BCUT2D eigenvalue weighted by molar-refractivity contribution is 5.93. The molecular weight excluding hydrogens is 426 g/mol. The Labute approximate surface area is 202 Å². The van der Waals surface area contributed by atoms with Crippen LogP contribution in [0, 0.1) is 0 Å². The molecule has 0 fully saturated rings. The van der Waals surface area contributed by atoms with Gasteiger partial charge in [0.25, 0.3) is 0 Å². The summed E-state index contributed by atoms with van der Waals surface area (Å²) in [5.41, 5.74) is 7.63. The van der Waals surface area contributed by atoms with Crippen molar-refractivity contribution in [1.29, 1.82) is 0 Å². The van der Waals surface area contributed by atoms with E-state index in [1.165, 1.54) is 65.8 Å². The lowest BCUT2D eigenvalue weighted by atomic mass is 10.0. The Morgan fingerprint density at radius 2 is 1.65 bits per heavy atom. The molecule has 3 aromatic rings. The number of rotatable bonds is 4. The van der Waals surface area contributed by atoms with Gasteiger partial charge in [0.05, 0.1) is 24.1 Å². The van der Waals surface area contributed by atoms with Gasteiger partial charge in [-0.05, 0) is 73.1 Å². The third kappa shape index (κ3) is 5.87. The fraction of sp³-hybridized carbons (Fsp3) is 0.357. The molecular formula is C28H35N3O3. The Kier molecular flexibility index (Phi) is 8.91. The summed E-state index contributed by atoms with van der Waals surface area (Å²) in [6, 6.07) is 14.9. The summed E-state index contributed by atoms with van der Waals surface area (Å²) < 4.78 is 5.80. The summed E-state index contributed by atoms with van der Waals surface area (Å²) in [6.45, 7) is 4.85. The van der Waals surface area contributed by atoms with Crippen LogP contribution in [0.15, 0.2) is 54.9 Å². The fourth-order valence-electron chi connectivity index (χ4n) is 4.23. The molecule has 2 heterocycles. The molecule has 0 bridgehead atoms. The van der Waals surface area contributed by atoms with Gasteiger partial charge in [-0.15, -0.1) is 0 Å². The molecule has 5 rings (SSSR count). The molecule has 0 amide bonds. The summed E-state index contributed by atoms with van der Waals surface area (Å²) in [5, 5.41) is 11.4. The SMILES string of the molecule is CC.CN(c1ccc2c(c1)CCC2)c1ccc2c(c1)OCCC2.CNc1cnccc1C(=O)O. The van der Waals surface area contributed by atoms with E-state index in [4.69, 9.17) is 9.84 Å². The van der Waals surface area contributed by atoms with Crippen LogP contribution in [0.4, 0.5) is 17.1 Å². The first kappa shape index (κ1) is 25.1. The molecule has 2 N–H and O–H groups in total. The molecule has 0 unspecified atom stereocenters. The first-order valence-electron chi connectivity index (χ1n) is 12.0. The van der Waals surface area contributed by atoms with Crippen molar-refractivity contribution in [2.24, 2.45) is 0 Å². The Morgan fingerprint density at radius 1 is 0.971 bits per heavy atom. The van der Waals surface area contributed by atoms with E-state index in [9.17, 15) is 4.79 Å². The average Bonchev–Trinajstić information content (AvgIpc) is 3.37. The molecule has 1 aliphatic carbocycles. The highest BCUT2D eigenvalue weighted by Crippen LogP contribution is 2.34. The van der Waals surface area contributed by atoms with Gasteiger partial charge in [0.1, 0.15) is 5.75 Å². The van der Waals surface area contributed by atoms with Crippen molar-refractivity contribution >= 4 is 23.0 Å². The normalized spacial score (nSPS) is 13.1. The molecule has 1 aromatic heterocycles. The van der Waals surface area contributed by atoms with Gasteiger partial charge in [-0.25, -0.2) is 4.79 Å². The number of carbonyl (C=O) groups is 1. The number of pyridine rings is 1. The van der Waals surface area contributed by atoms with E-state index in [1.54, 1.807) is 7.05 Å². The Bertz CT molecular complexity index is 1110. The van der Waals surface area contributed by atoms with Crippen LogP contribution >= 0.6 is 0 Å². The van der Waals surface area contributed by atoms with Gasteiger partial charge in [-0.2, -0.15) is 0 Å². The van der Waals surface area contributed by atoms with Gasteiger partial charge in [0, 0.05) is 37.7 Å². The van der Waals surface area contributed by atoms with E-state index in [0.29, 0.717) is 5.69 Å². The molecule has 1 aliphatic heterocycles. The maximum Gasteiger partial charge on any atom is 0.337 e. The number of anilines is 3. The number of carboxylic acids is 1. The van der Waals surface area contributed by atoms with E-state index in [-0.39, 0.29) is 5.56 Å². The van der Waals surface area contributed by atoms with Crippen LogP contribution in [0.3, 0.4) is 0 Å². The summed E-state index contributed by atoms with van der Waals surface area (Å²) in [6.07, 6.45) is 8.96. The highest BCUT2D eigenvalue weighted by atomic mass is 16.5. The van der Waals surface area contributed by atoms with Crippen molar-refractivity contribution in [2.45, 2.75) is 46.0 Å². The summed E-state index contributed by atoms with van der Waals surface area (Å²) in [4.78, 5) is 16.5. The second-order valence-electron chi connectivity index (χ2n) is 8.09. The summed E-state index contributed by atoms with van der Waals surface area (Å²) in [5.74, 6) is 0.114. The number of hydrogen-bond acceptors (Lipinski definition) is 5. The zero-order valence-corrected chi connectivity index (χ0v) is 20.6. The molecule has 2 aromatic carbocycles. The zero-order valence-electron chi connectivity index (χ0n) is 20.6. The Hall–Kier alpha value is -3.54. The molecule has 0 spiro atoms. The van der Waals surface area contributed by atoms with Gasteiger partial charge < -0.3 is 20.1 Å². The lowest BCUT2D eigenvalue weighted by Gasteiger charge is -2.24. The van der Waals surface area contributed by atoms with Crippen LogP contribution in [-0.4, -0.2) is 36.8 Å². The van der Waals surface area contributed by atoms with Crippen molar-refractivity contribution in [3.8, 4) is 5.75 Å². The zero-order chi connectivity index (χ0) is 24.5. The van der Waals surface area contributed by atoms with E-state index in [1.807, 2.05) is 13.8 Å². The van der Waals surface area contributed by atoms with Crippen LogP contribution in [0.5, 0.6) is 5.75 Å². The smallest absolute Gasteiger partial charge is 0.337 e. The number of nitrogens with one attached hydrogen (secondary N) is 1. The predicted molar refractivity (Wildman–Crippen MR) is 139 cm³/mol. The maximum atomic E-state index is 10.5. The Morgan fingerprint density at radius 3 is 2.35 bits per heavy atom. The topological polar surface area (TPSA) is 74.7 Å². The molecule has 34 heavy (non-hydrogen) atoms. The minimum atomic E-state index is -0.947. The molecule has 0 radical (unpaired) electrons.